The molecule has 3 aromatic rings. The normalized spacial score (nSPS) is 17.8. The van der Waals surface area contributed by atoms with Gasteiger partial charge < -0.3 is 19.3 Å². The van der Waals surface area contributed by atoms with Gasteiger partial charge in [-0.1, -0.05) is 0 Å². The van der Waals surface area contributed by atoms with Crippen molar-refractivity contribution in [2.24, 2.45) is 0 Å². The smallest absolute Gasteiger partial charge is 0.409 e. The summed E-state index contributed by atoms with van der Waals surface area (Å²) >= 11 is 0. The predicted octanol–water partition coefficient (Wildman–Crippen LogP) is 2.13. The number of carbonyl (C=O) groups excluding carboxylic acids is 1. The number of hydrogen-bond donors (Lipinski definition) is 0. The van der Waals surface area contributed by atoms with E-state index in [-0.39, 0.29) is 12.1 Å². The number of rotatable bonds is 3. The Morgan fingerprint density at radius 3 is 2.55 bits per heavy atom. The lowest BCUT2D eigenvalue weighted by atomic mass is 10.1. The molecule has 2 aliphatic rings. The van der Waals surface area contributed by atoms with Crippen LogP contribution in [0.15, 0.2) is 30.7 Å². The number of methoxy groups -OCH3 is 1. The number of anilines is 1. The molecule has 0 saturated carbocycles. The zero-order chi connectivity index (χ0) is 21.2. The lowest BCUT2D eigenvalue weighted by Crippen LogP contribution is -2.39. The van der Waals surface area contributed by atoms with Crippen LogP contribution in [-0.2, 0) is 9.47 Å². The minimum Gasteiger partial charge on any atom is -0.453 e. The molecule has 0 atom stereocenters. The number of likely N-dealkylation sites (tertiary alicyclic amines) is 1. The number of pyridine rings is 1. The summed E-state index contributed by atoms with van der Waals surface area (Å²) in [5.74, 6) is 1.54. The van der Waals surface area contributed by atoms with Gasteiger partial charge in [-0.05, 0) is 25.0 Å². The molecule has 2 aliphatic heterocycles. The van der Waals surface area contributed by atoms with E-state index in [4.69, 9.17) is 24.5 Å². The molecule has 3 aromatic heterocycles. The first kappa shape index (κ1) is 19.7. The van der Waals surface area contributed by atoms with Crippen molar-refractivity contribution in [3.63, 3.8) is 0 Å². The molecule has 1 amide bonds. The third-order valence-corrected chi connectivity index (χ3v) is 5.93. The maximum absolute atomic E-state index is 11.8. The molecular weight excluding hydrogens is 398 g/mol. The fourth-order valence-corrected chi connectivity index (χ4v) is 4.25. The molecule has 162 valence electrons. The lowest BCUT2D eigenvalue weighted by Gasteiger charge is -2.31. The van der Waals surface area contributed by atoms with E-state index in [2.05, 4.69) is 9.88 Å². The van der Waals surface area contributed by atoms with Crippen molar-refractivity contribution in [2.45, 2.75) is 18.9 Å². The summed E-state index contributed by atoms with van der Waals surface area (Å²) in [6.07, 6.45) is 6.68. The quantitative estimate of drug-likeness (QED) is 0.632. The molecule has 2 saturated heterocycles. The average Bonchev–Trinajstić information content (AvgIpc) is 3.28. The molecule has 0 bridgehead atoms. The second kappa shape index (κ2) is 8.46. The van der Waals surface area contributed by atoms with Crippen LogP contribution in [0.3, 0.4) is 0 Å². The second-order valence-corrected chi connectivity index (χ2v) is 7.72. The highest BCUT2D eigenvalue weighted by Gasteiger charge is 2.28. The highest BCUT2D eigenvalue weighted by Crippen LogP contribution is 2.32. The van der Waals surface area contributed by atoms with Gasteiger partial charge in [-0.25, -0.2) is 19.4 Å². The first-order chi connectivity index (χ1) is 15.2. The van der Waals surface area contributed by atoms with Crippen LogP contribution in [-0.4, -0.2) is 82.2 Å². The van der Waals surface area contributed by atoms with Crippen molar-refractivity contribution in [1.82, 2.24) is 29.6 Å². The molecule has 0 radical (unpaired) electrons. The average molecular weight is 423 g/mol. The van der Waals surface area contributed by atoms with Gasteiger partial charge in [-0.15, -0.1) is 0 Å². The summed E-state index contributed by atoms with van der Waals surface area (Å²) in [7, 11) is 1.42. The van der Waals surface area contributed by atoms with E-state index in [0.717, 1.165) is 48.3 Å². The van der Waals surface area contributed by atoms with Crippen molar-refractivity contribution in [3.05, 3.63) is 30.7 Å². The number of ether oxygens (including phenoxy) is 2. The maximum atomic E-state index is 11.8. The molecule has 0 aliphatic carbocycles. The van der Waals surface area contributed by atoms with Gasteiger partial charge in [0, 0.05) is 44.1 Å². The van der Waals surface area contributed by atoms with Gasteiger partial charge in [0.15, 0.2) is 11.5 Å². The zero-order valence-electron chi connectivity index (χ0n) is 17.5. The first-order valence-corrected chi connectivity index (χ1v) is 10.6. The number of fused-ring (bicyclic) bond motifs is 1. The van der Waals surface area contributed by atoms with Gasteiger partial charge in [0.05, 0.1) is 37.9 Å². The van der Waals surface area contributed by atoms with Gasteiger partial charge in [-0.3, -0.25) is 4.98 Å². The van der Waals surface area contributed by atoms with Gasteiger partial charge in [-0.2, -0.15) is 5.10 Å². The topological polar surface area (TPSA) is 98.5 Å². The number of amides is 1. The Balaban J connectivity index is 1.54. The van der Waals surface area contributed by atoms with Gasteiger partial charge in [0.1, 0.15) is 5.82 Å². The van der Waals surface area contributed by atoms with Crippen molar-refractivity contribution < 1.29 is 14.3 Å². The van der Waals surface area contributed by atoms with E-state index in [1.807, 2.05) is 23.0 Å². The Morgan fingerprint density at radius 2 is 1.84 bits per heavy atom. The van der Waals surface area contributed by atoms with Crippen LogP contribution in [0.1, 0.15) is 18.9 Å². The van der Waals surface area contributed by atoms with E-state index in [9.17, 15) is 4.79 Å². The summed E-state index contributed by atoms with van der Waals surface area (Å²) in [6.45, 7) is 4.19. The Labute approximate surface area is 179 Å². The number of morpholine rings is 1. The number of nitrogens with zero attached hydrogens (tertiary/aromatic N) is 7. The molecule has 5 heterocycles. The van der Waals surface area contributed by atoms with Crippen LogP contribution < -0.4 is 4.90 Å². The third kappa shape index (κ3) is 3.78. The van der Waals surface area contributed by atoms with Gasteiger partial charge in [0.2, 0.25) is 0 Å². The second-order valence-electron chi connectivity index (χ2n) is 7.72. The number of piperidine rings is 1. The van der Waals surface area contributed by atoms with Crippen LogP contribution in [0.4, 0.5) is 10.6 Å². The Kier molecular flexibility index (Phi) is 5.37. The van der Waals surface area contributed by atoms with Crippen molar-refractivity contribution in [3.8, 4) is 11.4 Å². The standard InChI is InChI=1S/C21H25N7O3/c1-30-21(29)27-8-4-16(5-9-27)28-20-17(14-23-28)19(26-10-12-31-13-11-26)24-18(25-20)15-2-6-22-7-3-15/h2-3,6-7,14,16H,4-5,8-13H2,1H3. The number of aromatic nitrogens is 5. The molecule has 2 fully saturated rings. The Hall–Kier alpha value is -3.27. The fourth-order valence-electron chi connectivity index (χ4n) is 4.25. The molecule has 10 heteroatoms. The highest BCUT2D eigenvalue weighted by atomic mass is 16.5. The minimum atomic E-state index is -0.277. The SMILES string of the molecule is COC(=O)N1CCC(n2ncc3c(N4CCOCC4)nc(-c4ccncc4)nc32)CC1. The monoisotopic (exact) mass is 423 g/mol. The summed E-state index contributed by atoms with van der Waals surface area (Å²) in [6, 6.07) is 4.00. The molecule has 0 unspecified atom stereocenters. The van der Waals surface area contributed by atoms with E-state index in [0.29, 0.717) is 32.1 Å². The summed E-state index contributed by atoms with van der Waals surface area (Å²) in [4.78, 5) is 29.7. The largest absolute Gasteiger partial charge is 0.453 e. The lowest BCUT2D eigenvalue weighted by molar-refractivity contribution is 0.106. The predicted molar refractivity (Wildman–Crippen MR) is 114 cm³/mol. The van der Waals surface area contributed by atoms with E-state index in [1.54, 1.807) is 17.3 Å². The maximum Gasteiger partial charge on any atom is 0.409 e. The molecule has 0 aromatic carbocycles. The number of hydrogen-bond acceptors (Lipinski definition) is 8. The zero-order valence-corrected chi connectivity index (χ0v) is 17.5. The molecule has 31 heavy (non-hydrogen) atoms. The molecular formula is C21H25N7O3. The van der Waals surface area contributed by atoms with Crippen molar-refractivity contribution in [1.29, 1.82) is 0 Å². The Bertz CT molecular complexity index is 1060. The van der Waals surface area contributed by atoms with Gasteiger partial charge >= 0.3 is 6.09 Å². The summed E-state index contributed by atoms with van der Waals surface area (Å²) in [5.41, 5.74) is 1.74. The first-order valence-electron chi connectivity index (χ1n) is 10.6. The molecule has 10 nitrogen and oxygen atoms in total. The van der Waals surface area contributed by atoms with Crippen LogP contribution in [0.2, 0.25) is 0 Å². The van der Waals surface area contributed by atoms with Crippen LogP contribution >= 0.6 is 0 Å². The highest BCUT2D eigenvalue weighted by molar-refractivity contribution is 5.89. The van der Waals surface area contributed by atoms with E-state index in [1.165, 1.54) is 7.11 Å². The summed E-state index contributed by atoms with van der Waals surface area (Å²) in [5, 5.41) is 5.65. The minimum absolute atomic E-state index is 0.163. The van der Waals surface area contributed by atoms with Crippen LogP contribution in [0, 0.1) is 0 Å². The van der Waals surface area contributed by atoms with E-state index < -0.39 is 0 Å². The van der Waals surface area contributed by atoms with E-state index >= 15 is 0 Å². The van der Waals surface area contributed by atoms with Crippen molar-refractivity contribution in [2.75, 3.05) is 51.4 Å². The number of carbonyl (C=O) groups is 1. The van der Waals surface area contributed by atoms with Crippen LogP contribution in [0.5, 0.6) is 0 Å². The fraction of sp³-hybridized carbons (Fsp3) is 0.476. The molecule has 0 N–H and O–H groups in total. The van der Waals surface area contributed by atoms with Crippen molar-refractivity contribution >= 4 is 22.9 Å². The molecule has 0 spiro atoms. The molecule has 5 rings (SSSR count). The van der Waals surface area contributed by atoms with Gasteiger partial charge in [0.25, 0.3) is 0 Å². The van der Waals surface area contributed by atoms with Crippen LogP contribution in [0.25, 0.3) is 22.4 Å². The third-order valence-electron chi connectivity index (χ3n) is 5.93. The summed E-state index contributed by atoms with van der Waals surface area (Å²) < 4.78 is 12.4. The Morgan fingerprint density at radius 1 is 1.10 bits per heavy atom.